The molecule has 106 valence electrons. The predicted molar refractivity (Wildman–Crippen MR) is 83.3 cm³/mol. The second kappa shape index (κ2) is 6.52. The number of unbranched alkanes of at least 4 members (excludes halogenated alkanes) is 1. The highest BCUT2D eigenvalue weighted by Crippen LogP contribution is 2.16. The molecule has 0 bridgehead atoms. The summed E-state index contributed by atoms with van der Waals surface area (Å²) >= 11 is 5.03. The fourth-order valence-corrected chi connectivity index (χ4v) is 1.98. The standard InChI is InChI=1S/C15H18N2O2S/c1-3-4-9-19-12-7-5-11(6-8-12)10-13-14(18)17(2)15(20)16-13/h5-8,10H,3-4,9H2,1-2H3,(H,16,20)/b13-10-. The Hall–Kier alpha value is -1.88. The summed E-state index contributed by atoms with van der Waals surface area (Å²) in [7, 11) is 1.66. The minimum Gasteiger partial charge on any atom is -0.494 e. The van der Waals surface area contributed by atoms with Gasteiger partial charge in [-0.25, -0.2) is 0 Å². The van der Waals surface area contributed by atoms with Gasteiger partial charge in [0, 0.05) is 7.05 Å². The quantitative estimate of drug-likeness (QED) is 0.514. The van der Waals surface area contributed by atoms with Gasteiger partial charge in [0.25, 0.3) is 5.91 Å². The van der Waals surface area contributed by atoms with Crippen molar-refractivity contribution in [2.75, 3.05) is 13.7 Å². The number of likely N-dealkylation sites (N-methyl/N-ethyl adjacent to an activating group) is 1. The molecule has 1 fully saturated rings. The van der Waals surface area contributed by atoms with Gasteiger partial charge in [-0.1, -0.05) is 25.5 Å². The molecule has 0 aromatic heterocycles. The van der Waals surface area contributed by atoms with E-state index in [1.807, 2.05) is 24.3 Å². The van der Waals surface area contributed by atoms with Gasteiger partial charge in [-0.05, 0) is 42.4 Å². The second-order valence-electron chi connectivity index (χ2n) is 4.62. The van der Waals surface area contributed by atoms with Crippen LogP contribution in [0.5, 0.6) is 5.75 Å². The zero-order valence-electron chi connectivity index (χ0n) is 11.7. The number of ether oxygens (including phenoxy) is 1. The molecule has 0 saturated carbocycles. The van der Waals surface area contributed by atoms with Gasteiger partial charge < -0.3 is 10.1 Å². The van der Waals surface area contributed by atoms with Crippen molar-refractivity contribution in [2.45, 2.75) is 19.8 Å². The summed E-state index contributed by atoms with van der Waals surface area (Å²) in [5.41, 5.74) is 1.43. The Morgan fingerprint density at radius 2 is 2.05 bits per heavy atom. The van der Waals surface area contributed by atoms with Crippen molar-refractivity contribution in [2.24, 2.45) is 0 Å². The number of thiocarbonyl (C=S) groups is 1. The van der Waals surface area contributed by atoms with E-state index in [1.165, 1.54) is 4.90 Å². The Morgan fingerprint density at radius 1 is 1.35 bits per heavy atom. The molecule has 0 unspecified atom stereocenters. The topological polar surface area (TPSA) is 41.6 Å². The zero-order valence-corrected chi connectivity index (χ0v) is 12.5. The highest BCUT2D eigenvalue weighted by molar-refractivity contribution is 7.80. The van der Waals surface area contributed by atoms with E-state index in [4.69, 9.17) is 17.0 Å². The third kappa shape index (κ3) is 3.36. The minimum absolute atomic E-state index is 0.113. The van der Waals surface area contributed by atoms with Crippen LogP contribution in [0.25, 0.3) is 6.08 Å². The van der Waals surface area contributed by atoms with Crippen LogP contribution in [-0.4, -0.2) is 29.6 Å². The van der Waals surface area contributed by atoms with Crippen molar-refractivity contribution in [3.05, 3.63) is 35.5 Å². The van der Waals surface area contributed by atoms with Crippen LogP contribution in [0.4, 0.5) is 0 Å². The molecule has 5 heteroatoms. The van der Waals surface area contributed by atoms with E-state index in [-0.39, 0.29) is 5.91 Å². The van der Waals surface area contributed by atoms with Crippen molar-refractivity contribution in [3.63, 3.8) is 0 Å². The lowest BCUT2D eigenvalue weighted by Gasteiger charge is -2.05. The maximum absolute atomic E-state index is 11.8. The predicted octanol–water partition coefficient (Wildman–Crippen LogP) is 2.55. The Kier molecular flexibility index (Phi) is 4.74. The molecule has 0 spiro atoms. The molecule has 1 aliphatic rings. The molecule has 1 heterocycles. The number of nitrogens with one attached hydrogen (secondary N) is 1. The van der Waals surface area contributed by atoms with Gasteiger partial charge in [-0.3, -0.25) is 9.69 Å². The van der Waals surface area contributed by atoms with E-state index >= 15 is 0 Å². The van der Waals surface area contributed by atoms with Crippen LogP contribution in [0.1, 0.15) is 25.3 Å². The number of hydrogen-bond acceptors (Lipinski definition) is 3. The van der Waals surface area contributed by atoms with E-state index < -0.39 is 0 Å². The molecule has 4 nitrogen and oxygen atoms in total. The lowest BCUT2D eigenvalue weighted by Crippen LogP contribution is -2.25. The summed E-state index contributed by atoms with van der Waals surface area (Å²) in [5, 5.41) is 3.33. The highest BCUT2D eigenvalue weighted by atomic mass is 32.1. The lowest BCUT2D eigenvalue weighted by molar-refractivity contribution is -0.121. The second-order valence-corrected chi connectivity index (χ2v) is 5.01. The number of hydrogen-bond donors (Lipinski definition) is 1. The maximum atomic E-state index is 11.8. The van der Waals surface area contributed by atoms with Gasteiger partial charge >= 0.3 is 0 Å². The molecule has 1 saturated heterocycles. The largest absolute Gasteiger partial charge is 0.494 e. The number of carbonyl (C=O) groups is 1. The number of carbonyl (C=O) groups excluding carboxylic acids is 1. The van der Waals surface area contributed by atoms with Crippen molar-refractivity contribution in [3.8, 4) is 5.75 Å². The number of nitrogens with zero attached hydrogens (tertiary/aromatic N) is 1. The molecule has 0 atom stereocenters. The molecule has 2 rings (SSSR count). The van der Waals surface area contributed by atoms with Crippen molar-refractivity contribution in [1.82, 2.24) is 10.2 Å². The average molecular weight is 290 g/mol. The Balaban J connectivity index is 2.04. The van der Waals surface area contributed by atoms with Crippen LogP contribution in [0, 0.1) is 0 Å². The normalized spacial score (nSPS) is 16.7. The molecule has 1 aromatic rings. The smallest absolute Gasteiger partial charge is 0.276 e. The third-order valence-corrected chi connectivity index (χ3v) is 3.41. The van der Waals surface area contributed by atoms with Crippen LogP contribution in [-0.2, 0) is 4.79 Å². The van der Waals surface area contributed by atoms with Crippen LogP contribution >= 0.6 is 12.2 Å². The van der Waals surface area contributed by atoms with Gasteiger partial charge in [-0.15, -0.1) is 0 Å². The lowest BCUT2D eigenvalue weighted by atomic mass is 10.2. The Labute approximate surface area is 124 Å². The van der Waals surface area contributed by atoms with E-state index in [1.54, 1.807) is 13.1 Å². The van der Waals surface area contributed by atoms with E-state index in [9.17, 15) is 4.79 Å². The summed E-state index contributed by atoms with van der Waals surface area (Å²) < 4.78 is 5.59. The Morgan fingerprint density at radius 3 is 2.60 bits per heavy atom. The van der Waals surface area contributed by atoms with E-state index in [0.29, 0.717) is 10.8 Å². The van der Waals surface area contributed by atoms with Crippen molar-refractivity contribution in [1.29, 1.82) is 0 Å². The van der Waals surface area contributed by atoms with Crippen molar-refractivity contribution < 1.29 is 9.53 Å². The highest BCUT2D eigenvalue weighted by Gasteiger charge is 2.26. The molecule has 1 aliphatic heterocycles. The van der Waals surface area contributed by atoms with Crippen LogP contribution in [0.15, 0.2) is 30.0 Å². The van der Waals surface area contributed by atoms with Crippen LogP contribution in [0.2, 0.25) is 0 Å². The SMILES string of the molecule is CCCCOc1ccc(/C=C2\NC(=S)N(C)C2=O)cc1. The molecule has 20 heavy (non-hydrogen) atoms. The molecule has 1 amide bonds. The maximum Gasteiger partial charge on any atom is 0.276 e. The van der Waals surface area contributed by atoms with Gasteiger partial charge in [0.15, 0.2) is 5.11 Å². The number of amides is 1. The van der Waals surface area contributed by atoms with Gasteiger partial charge in [0.05, 0.1) is 6.61 Å². The fourth-order valence-electron chi connectivity index (χ4n) is 1.78. The molecule has 1 aromatic carbocycles. The minimum atomic E-state index is -0.113. The third-order valence-electron chi connectivity index (χ3n) is 3.04. The summed E-state index contributed by atoms with van der Waals surface area (Å²) in [6.45, 7) is 2.86. The van der Waals surface area contributed by atoms with Crippen LogP contribution in [0.3, 0.4) is 0 Å². The summed E-state index contributed by atoms with van der Waals surface area (Å²) in [6, 6.07) is 7.66. The molecule has 0 aliphatic carbocycles. The summed E-state index contributed by atoms with van der Waals surface area (Å²) in [4.78, 5) is 13.3. The Bertz CT molecular complexity index is 537. The first-order valence-corrected chi connectivity index (χ1v) is 7.06. The molecule has 1 N–H and O–H groups in total. The fraction of sp³-hybridized carbons (Fsp3) is 0.333. The first-order chi connectivity index (χ1) is 9.61. The number of benzene rings is 1. The van der Waals surface area contributed by atoms with Gasteiger partial charge in [0.1, 0.15) is 11.4 Å². The average Bonchev–Trinajstić information content (AvgIpc) is 2.69. The van der Waals surface area contributed by atoms with Gasteiger partial charge in [0.2, 0.25) is 0 Å². The first kappa shape index (κ1) is 14.5. The molecular formula is C15H18N2O2S. The van der Waals surface area contributed by atoms with Gasteiger partial charge in [-0.2, -0.15) is 0 Å². The number of rotatable bonds is 5. The first-order valence-electron chi connectivity index (χ1n) is 6.65. The van der Waals surface area contributed by atoms with Crippen LogP contribution < -0.4 is 10.1 Å². The van der Waals surface area contributed by atoms with E-state index in [2.05, 4.69) is 12.2 Å². The summed E-state index contributed by atoms with van der Waals surface area (Å²) in [5.74, 6) is 0.734. The molecule has 0 radical (unpaired) electrons. The molecular weight excluding hydrogens is 272 g/mol. The van der Waals surface area contributed by atoms with Crippen molar-refractivity contribution >= 4 is 29.3 Å². The monoisotopic (exact) mass is 290 g/mol. The summed E-state index contributed by atoms with van der Waals surface area (Å²) in [6.07, 6.45) is 3.95. The zero-order chi connectivity index (χ0) is 14.5. The van der Waals surface area contributed by atoms with E-state index in [0.717, 1.165) is 30.8 Å².